The standard InChI is InChI=1S/C20H22FNO4/c1-24-19-8-7-16(21)11-15(19)12-20(23)22-9-10-25-18(13-22)14-26-17-5-3-2-4-6-17/h2-8,11,18H,9-10,12-14H2,1H3. The Balaban J connectivity index is 1.57. The Labute approximate surface area is 152 Å². The fourth-order valence-electron chi connectivity index (χ4n) is 2.91. The van der Waals surface area contributed by atoms with E-state index >= 15 is 0 Å². The van der Waals surface area contributed by atoms with E-state index in [1.165, 1.54) is 25.3 Å². The van der Waals surface area contributed by atoms with Crippen molar-refractivity contribution in [1.82, 2.24) is 4.90 Å². The molecule has 0 radical (unpaired) electrons. The van der Waals surface area contributed by atoms with Gasteiger partial charge in [0.1, 0.15) is 30.0 Å². The molecule has 5 nitrogen and oxygen atoms in total. The van der Waals surface area contributed by atoms with Crippen LogP contribution in [0.3, 0.4) is 0 Å². The van der Waals surface area contributed by atoms with Crippen molar-refractivity contribution in [2.45, 2.75) is 12.5 Å². The van der Waals surface area contributed by atoms with Crippen molar-refractivity contribution in [2.75, 3.05) is 33.4 Å². The monoisotopic (exact) mass is 359 g/mol. The third-order valence-electron chi connectivity index (χ3n) is 4.25. The number of morpholine rings is 1. The van der Waals surface area contributed by atoms with Gasteiger partial charge >= 0.3 is 0 Å². The Bertz CT molecular complexity index is 738. The SMILES string of the molecule is COc1ccc(F)cc1CC(=O)N1CCOC(COc2ccccc2)C1. The third-order valence-corrected chi connectivity index (χ3v) is 4.25. The molecule has 1 unspecified atom stereocenters. The van der Waals surface area contributed by atoms with E-state index in [1.807, 2.05) is 30.3 Å². The maximum atomic E-state index is 13.5. The number of carbonyl (C=O) groups excluding carboxylic acids is 1. The number of carbonyl (C=O) groups is 1. The van der Waals surface area contributed by atoms with Crippen LogP contribution in [0.4, 0.5) is 4.39 Å². The molecule has 0 bridgehead atoms. The summed E-state index contributed by atoms with van der Waals surface area (Å²) >= 11 is 0. The second kappa shape index (κ2) is 8.67. The maximum Gasteiger partial charge on any atom is 0.227 e. The number of rotatable bonds is 6. The van der Waals surface area contributed by atoms with Crippen LogP contribution in [0.25, 0.3) is 0 Å². The number of halogens is 1. The first-order valence-corrected chi connectivity index (χ1v) is 8.55. The number of nitrogens with zero attached hydrogens (tertiary/aromatic N) is 1. The summed E-state index contributed by atoms with van der Waals surface area (Å²) in [5.41, 5.74) is 0.543. The van der Waals surface area contributed by atoms with Crippen molar-refractivity contribution in [1.29, 1.82) is 0 Å². The first-order valence-electron chi connectivity index (χ1n) is 8.55. The molecule has 0 aliphatic carbocycles. The van der Waals surface area contributed by atoms with Gasteiger partial charge in [0.25, 0.3) is 0 Å². The van der Waals surface area contributed by atoms with Crippen LogP contribution in [0.1, 0.15) is 5.56 Å². The van der Waals surface area contributed by atoms with Gasteiger partial charge in [0.2, 0.25) is 5.91 Å². The van der Waals surface area contributed by atoms with Gasteiger partial charge in [-0.25, -0.2) is 4.39 Å². The van der Waals surface area contributed by atoms with Crippen LogP contribution in [0.2, 0.25) is 0 Å². The smallest absolute Gasteiger partial charge is 0.227 e. The third kappa shape index (κ3) is 4.73. The predicted molar refractivity (Wildman–Crippen MR) is 94.9 cm³/mol. The highest BCUT2D eigenvalue weighted by Gasteiger charge is 2.25. The molecule has 1 aliphatic rings. The minimum absolute atomic E-state index is 0.0816. The largest absolute Gasteiger partial charge is 0.496 e. The van der Waals surface area contributed by atoms with Crippen molar-refractivity contribution in [3.05, 3.63) is 59.9 Å². The van der Waals surface area contributed by atoms with E-state index in [0.717, 1.165) is 5.75 Å². The van der Waals surface area contributed by atoms with Crippen molar-refractivity contribution >= 4 is 5.91 Å². The summed E-state index contributed by atoms with van der Waals surface area (Å²) in [5.74, 6) is 0.813. The van der Waals surface area contributed by atoms with Gasteiger partial charge in [-0.15, -0.1) is 0 Å². The molecule has 6 heteroatoms. The van der Waals surface area contributed by atoms with Crippen LogP contribution in [-0.2, 0) is 16.0 Å². The van der Waals surface area contributed by atoms with E-state index in [4.69, 9.17) is 14.2 Å². The lowest BCUT2D eigenvalue weighted by Crippen LogP contribution is -2.48. The lowest BCUT2D eigenvalue weighted by atomic mass is 10.1. The normalized spacial score (nSPS) is 17.0. The number of hydrogen-bond acceptors (Lipinski definition) is 4. The molecule has 1 saturated heterocycles. The van der Waals surface area contributed by atoms with Crippen molar-refractivity contribution in [2.24, 2.45) is 0 Å². The molecule has 2 aromatic rings. The summed E-state index contributed by atoms with van der Waals surface area (Å²) in [7, 11) is 1.51. The molecule has 3 rings (SSSR count). The number of amides is 1. The first kappa shape index (κ1) is 18.2. The molecule has 0 spiro atoms. The Kier molecular flexibility index (Phi) is 6.07. The molecule has 1 fully saturated rings. The van der Waals surface area contributed by atoms with Crippen molar-refractivity contribution < 1.29 is 23.4 Å². The Morgan fingerprint density at radius 3 is 2.85 bits per heavy atom. The second-order valence-electron chi connectivity index (χ2n) is 6.09. The number of benzene rings is 2. The molecular formula is C20H22FNO4. The fourth-order valence-corrected chi connectivity index (χ4v) is 2.91. The fraction of sp³-hybridized carbons (Fsp3) is 0.350. The molecule has 1 heterocycles. The Morgan fingerprint density at radius 2 is 2.08 bits per heavy atom. The minimum atomic E-state index is -0.385. The average Bonchev–Trinajstić information content (AvgIpc) is 2.67. The van der Waals surface area contributed by atoms with Crippen molar-refractivity contribution in [3.63, 3.8) is 0 Å². The quantitative estimate of drug-likeness (QED) is 0.796. The van der Waals surface area contributed by atoms with Gasteiger partial charge in [-0.05, 0) is 30.3 Å². The van der Waals surface area contributed by atoms with Gasteiger partial charge in [0.15, 0.2) is 0 Å². The van der Waals surface area contributed by atoms with Crippen LogP contribution in [-0.4, -0.2) is 50.3 Å². The van der Waals surface area contributed by atoms with Gasteiger partial charge < -0.3 is 19.1 Å². The van der Waals surface area contributed by atoms with E-state index in [2.05, 4.69) is 0 Å². The molecule has 1 atom stereocenters. The number of ether oxygens (including phenoxy) is 3. The van der Waals surface area contributed by atoms with Crippen LogP contribution in [0.5, 0.6) is 11.5 Å². The summed E-state index contributed by atoms with van der Waals surface area (Å²) in [4.78, 5) is 14.3. The summed E-state index contributed by atoms with van der Waals surface area (Å²) < 4.78 is 30.1. The van der Waals surface area contributed by atoms with E-state index < -0.39 is 0 Å². The lowest BCUT2D eigenvalue weighted by molar-refractivity contribution is -0.139. The number of methoxy groups -OCH3 is 1. The molecule has 138 valence electrons. The first-order chi connectivity index (χ1) is 12.7. The summed E-state index contributed by atoms with van der Waals surface area (Å²) in [6.45, 7) is 1.79. The number of para-hydroxylation sites is 1. The van der Waals surface area contributed by atoms with Crippen molar-refractivity contribution in [3.8, 4) is 11.5 Å². The molecule has 2 aromatic carbocycles. The van der Waals surface area contributed by atoms with Crippen LogP contribution in [0, 0.1) is 5.82 Å². The molecule has 26 heavy (non-hydrogen) atoms. The van der Waals surface area contributed by atoms with Gasteiger partial charge in [-0.3, -0.25) is 4.79 Å². The van der Waals surface area contributed by atoms with Crippen LogP contribution in [0.15, 0.2) is 48.5 Å². The van der Waals surface area contributed by atoms with E-state index in [1.54, 1.807) is 4.90 Å². The average molecular weight is 359 g/mol. The summed E-state index contributed by atoms with van der Waals surface area (Å²) in [6.07, 6.45) is -0.102. The van der Waals surface area contributed by atoms with Gasteiger partial charge in [-0.1, -0.05) is 18.2 Å². The number of hydrogen-bond donors (Lipinski definition) is 0. The van der Waals surface area contributed by atoms with Gasteiger partial charge in [0, 0.05) is 12.1 Å². The van der Waals surface area contributed by atoms with Crippen LogP contribution >= 0.6 is 0 Å². The van der Waals surface area contributed by atoms with Gasteiger partial charge in [0.05, 0.1) is 26.7 Å². The zero-order valence-electron chi connectivity index (χ0n) is 14.7. The molecule has 0 N–H and O–H groups in total. The highest BCUT2D eigenvalue weighted by atomic mass is 19.1. The highest BCUT2D eigenvalue weighted by Crippen LogP contribution is 2.21. The predicted octanol–water partition coefficient (Wildman–Crippen LogP) is 2.68. The van der Waals surface area contributed by atoms with Crippen LogP contribution < -0.4 is 9.47 Å². The molecule has 1 aliphatic heterocycles. The van der Waals surface area contributed by atoms with E-state index in [0.29, 0.717) is 37.6 Å². The topological polar surface area (TPSA) is 48.0 Å². The molecule has 0 aromatic heterocycles. The second-order valence-corrected chi connectivity index (χ2v) is 6.09. The van der Waals surface area contributed by atoms with E-state index in [-0.39, 0.29) is 24.2 Å². The van der Waals surface area contributed by atoms with E-state index in [9.17, 15) is 9.18 Å². The zero-order valence-corrected chi connectivity index (χ0v) is 14.7. The maximum absolute atomic E-state index is 13.5. The molecular weight excluding hydrogens is 337 g/mol. The Morgan fingerprint density at radius 1 is 1.27 bits per heavy atom. The summed E-state index contributed by atoms with van der Waals surface area (Å²) in [6, 6.07) is 13.7. The Hall–Kier alpha value is -2.60. The zero-order chi connectivity index (χ0) is 18.4. The van der Waals surface area contributed by atoms with Gasteiger partial charge in [-0.2, -0.15) is 0 Å². The summed E-state index contributed by atoms with van der Waals surface area (Å²) in [5, 5.41) is 0. The minimum Gasteiger partial charge on any atom is -0.496 e. The molecule has 1 amide bonds. The highest BCUT2D eigenvalue weighted by molar-refractivity contribution is 5.79. The molecule has 0 saturated carbocycles. The lowest BCUT2D eigenvalue weighted by Gasteiger charge is -2.33.